The van der Waals surface area contributed by atoms with E-state index in [0.717, 1.165) is 24.1 Å². The van der Waals surface area contributed by atoms with Crippen LogP contribution in [-0.4, -0.2) is 17.9 Å². The van der Waals surface area contributed by atoms with Crippen molar-refractivity contribution in [1.29, 1.82) is 0 Å². The summed E-state index contributed by atoms with van der Waals surface area (Å²) in [5.41, 5.74) is 1.92. The monoisotopic (exact) mass is 191 g/mol. The number of hydrogen-bond acceptors (Lipinski definition) is 1. The van der Waals surface area contributed by atoms with Crippen molar-refractivity contribution >= 4 is 5.91 Å². The van der Waals surface area contributed by atoms with Gasteiger partial charge in [0.1, 0.15) is 0 Å². The summed E-state index contributed by atoms with van der Waals surface area (Å²) in [6.45, 7) is 9.59. The van der Waals surface area contributed by atoms with Gasteiger partial charge in [-0.15, -0.1) is 0 Å². The van der Waals surface area contributed by atoms with Crippen LogP contribution in [0.15, 0.2) is 36.6 Å². The summed E-state index contributed by atoms with van der Waals surface area (Å²) in [7, 11) is 1.80. The molecule has 1 aliphatic heterocycles. The van der Waals surface area contributed by atoms with Crippen molar-refractivity contribution in [1.82, 2.24) is 4.90 Å². The van der Waals surface area contributed by atoms with Gasteiger partial charge < -0.3 is 4.90 Å². The number of allylic oxidation sites excluding steroid dienone is 3. The zero-order valence-electron chi connectivity index (χ0n) is 8.92. The van der Waals surface area contributed by atoms with Gasteiger partial charge in [0.2, 0.25) is 5.91 Å². The molecule has 2 nitrogen and oxygen atoms in total. The van der Waals surface area contributed by atoms with Crippen molar-refractivity contribution in [3.05, 3.63) is 36.6 Å². The molecule has 1 rings (SSSR count). The van der Waals surface area contributed by atoms with Gasteiger partial charge in [0, 0.05) is 18.7 Å². The van der Waals surface area contributed by atoms with Gasteiger partial charge in [-0.25, -0.2) is 0 Å². The second kappa shape index (κ2) is 4.27. The van der Waals surface area contributed by atoms with Crippen molar-refractivity contribution in [3.63, 3.8) is 0 Å². The minimum absolute atomic E-state index is 0.0902. The first-order chi connectivity index (χ1) is 6.57. The van der Waals surface area contributed by atoms with Crippen molar-refractivity contribution in [2.45, 2.75) is 19.8 Å². The molecule has 0 bridgehead atoms. The Balaban J connectivity index is 3.03. The van der Waals surface area contributed by atoms with E-state index >= 15 is 0 Å². The molecule has 0 aromatic rings. The van der Waals surface area contributed by atoms with Crippen LogP contribution in [0, 0.1) is 5.92 Å². The average Bonchev–Trinajstić information content (AvgIpc) is 2.25. The highest BCUT2D eigenvalue weighted by atomic mass is 16.2. The van der Waals surface area contributed by atoms with Crippen molar-refractivity contribution in [2.24, 2.45) is 5.92 Å². The second-order valence-electron chi connectivity index (χ2n) is 3.73. The predicted molar refractivity (Wildman–Crippen MR) is 58.6 cm³/mol. The van der Waals surface area contributed by atoms with Crippen LogP contribution in [0.1, 0.15) is 19.8 Å². The van der Waals surface area contributed by atoms with Crippen LogP contribution in [0.2, 0.25) is 0 Å². The number of amides is 1. The molecule has 0 N–H and O–H groups in total. The Kier molecular flexibility index (Phi) is 3.28. The Morgan fingerprint density at radius 1 is 1.57 bits per heavy atom. The van der Waals surface area contributed by atoms with Crippen molar-refractivity contribution in [2.75, 3.05) is 7.05 Å². The number of nitrogens with zero attached hydrogens (tertiary/aromatic N) is 1. The van der Waals surface area contributed by atoms with Gasteiger partial charge in [0.25, 0.3) is 0 Å². The minimum atomic E-state index is 0.0902. The predicted octanol–water partition coefficient (Wildman–Crippen LogP) is 2.50. The highest BCUT2D eigenvalue weighted by Crippen LogP contribution is 2.26. The maximum atomic E-state index is 11.8. The van der Waals surface area contributed by atoms with E-state index in [1.807, 2.05) is 13.0 Å². The van der Waals surface area contributed by atoms with Gasteiger partial charge in [-0.1, -0.05) is 26.2 Å². The molecule has 1 heterocycles. The lowest BCUT2D eigenvalue weighted by atomic mass is 10.0. The number of carbonyl (C=O) groups excluding carboxylic acids is 1. The van der Waals surface area contributed by atoms with Gasteiger partial charge in [-0.3, -0.25) is 4.79 Å². The van der Waals surface area contributed by atoms with Crippen LogP contribution < -0.4 is 0 Å². The van der Waals surface area contributed by atoms with Crippen molar-refractivity contribution < 1.29 is 4.79 Å². The lowest BCUT2D eigenvalue weighted by molar-refractivity contribution is -0.131. The minimum Gasteiger partial charge on any atom is -0.315 e. The van der Waals surface area contributed by atoms with Gasteiger partial charge in [0.05, 0.1) is 0 Å². The molecule has 0 aliphatic carbocycles. The number of hydrogen-bond donors (Lipinski definition) is 0. The molecule has 1 aliphatic rings. The average molecular weight is 191 g/mol. The molecule has 2 heteroatoms. The SMILES string of the molecule is C=C/C=C1\C(=C)CCC(C)C(=O)N1C. The first-order valence-electron chi connectivity index (χ1n) is 4.86. The third-order valence-corrected chi connectivity index (χ3v) is 2.63. The smallest absolute Gasteiger partial charge is 0.229 e. The number of likely N-dealkylation sites (N-methyl/N-ethyl adjacent to an activating group) is 1. The summed E-state index contributed by atoms with van der Waals surface area (Å²) >= 11 is 0. The third-order valence-electron chi connectivity index (χ3n) is 2.63. The van der Waals surface area contributed by atoms with E-state index in [9.17, 15) is 4.79 Å². The maximum absolute atomic E-state index is 11.8. The Morgan fingerprint density at radius 3 is 2.79 bits per heavy atom. The van der Waals surface area contributed by atoms with Crippen molar-refractivity contribution in [3.8, 4) is 0 Å². The van der Waals surface area contributed by atoms with Crippen LogP contribution in [-0.2, 0) is 4.79 Å². The van der Waals surface area contributed by atoms with Crippen LogP contribution in [0.5, 0.6) is 0 Å². The zero-order chi connectivity index (χ0) is 10.7. The highest BCUT2D eigenvalue weighted by Gasteiger charge is 2.25. The fourth-order valence-electron chi connectivity index (χ4n) is 1.67. The van der Waals surface area contributed by atoms with Gasteiger partial charge in [-0.05, 0) is 24.5 Å². The zero-order valence-corrected chi connectivity index (χ0v) is 8.92. The molecule has 1 atom stereocenters. The molecular formula is C12H17NO. The lowest BCUT2D eigenvalue weighted by Crippen LogP contribution is -2.29. The molecular weight excluding hydrogens is 174 g/mol. The Labute approximate surface area is 85.6 Å². The van der Waals surface area contributed by atoms with Crippen LogP contribution in [0.3, 0.4) is 0 Å². The van der Waals surface area contributed by atoms with Crippen LogP contribution in [0.25, 0.3) is 0 Å². The topological polar surface area (TPSA) is 20.3 Å². The van der Waals surface area contributed by atoms with Gasteiger partial charge >= 0.3 is 0 Å². The van der Waals surface area contributed by atoms with E-state index in [2.05, 4.69) is 13.2 Å². The molecule has 0 aromatic heterocycles. The molecule has 0 saturated carbocycles. The molecule has 1 saturated heterocycles. The molecule has 76 valence electrons. The summed E-state index contributed by atoms with van der Waals surface area (Å²) in [6.07, 6.45) is 5.31. The van der Waals surface area contributed by atoms with E-state index in [-0.39, 0.29) is 11.8 Å². The van der Waals surface area contributed by atoms with E-state index in [4.69, 9.17) is 0 Å². The molecule has 0 aromatic carbocycles. The number of rotatable bonds is 1. The normalized spacial score (nSPS) is 26.6. The fraction of sp³-hybridized carbons (Fsp3) is 0.417. The standard InChI is InChI=1S/C12H17NO/c1-5-6-11-9(2)7-8-10(3)12(14)13(11)4/h5-6,10H,1-2,7-8H2,3-4H3/b11-6+. The quantitative estimate of drug-likeness (QED) is 0.623. The lowest BCUT2D eigenvalue weighted by Gasteiger charge is -2.20. The summed E-state index contributed by atoms with van der Waals surface area (Å²) in [6, 6.07) is 0. The van der Waals surface area contributed by atoms with Gasteiger partial charge in [0.15, 0.2) is 0 Å². The first-order valence-corrected chi connectivity index (χ1v) is 4.86. The third kappa shape index (κ3) is 1.95. The summed E-state index contributed by atoms with van der Waals surface area (Å²) < 4.78 is 0. The Hall–Kier alpha value is -1.31. The molecule has 1 unspecified atom stereocenters. The largest absolute Gasteiger partial charge is 0.315 e. The van der Waals surface area contributed by atoms with E-state index < -0.39 is 0 Å². The maximum Gasteiger partial charge on any atom is 0.229 e. The number of likely N-dealkylation sites (tertiary alicyclic amines) is 1. The summed E-state index contributed by atoms with van der Waals surface area (Å²) in [5, 5.41) is 0. The Morgan fingerprint density at radius 2 is 2.21 bits per heavy atom. The summed E-state index contributed by atoms with van der Waals surface area (Å²) in [4.78, 5) is 13.5. The van der Waals surface area contributed by atoms with Crippen LogP contribution in [0.4, 0.5) is 0 Å². The molecule has 1 amide bonds. The van der Waals surface area contributed by atoms with E-state index in [1.54, 1.807) is 18.0 Å². The number of carbonyl (C=O) groups is 1. The molecule has 0 spiro atoms. The van der Waals surface area contributed by atoms with Crippen LogP contribution >= 0.6 is 0 Å². The van der Waals surface area contributed by atoms with Gasteiger partial charge in [-0.2, -0.15) is 0 Å². The fourth-order valence-corrected chi connectivity index (χ4v) is 1.67. The first kappa shape index (κ1) is 10.8. The Bertz CT molecular complexity index is 301. The molecule has 1 fully saturated rings. The summed E-state index contributed by atoms with van der Waals surface area (Å²) in [5.74, 6) is 0.254. The molecule has 14 heavy (non-hydrogen) atoms. The second-order valence-corrected chi connectivity index (χ2v) is 3.73. The van der Waals surface area contributed by atoms with E-state index in [0.29, 0.717) is 0 Å². The molecule has 0 radical (unpaired) electrons. The van der Waals surface area contributed by atoms with E-state index in [1.165, 1.54) is 0 Å². The highest BCUT2D eigenvalue weighted by molar-refractivity contribution is 5.81.